The molecule has 1 aromatic heterocycles. The quantitative estimate of drug-likeness (QED) is 0.315. The first-order chi connectivity index (χ1) is 6.88. The summed E-state index contributed by atoms with van der Waals surface area (Å²) in [4.78, 5) is 13.8. The second kappa shape index (κ2) is 4.23. The number of rotatable bonds is 1. The van der Waals surface area contributed by atoms with Gasteiger partial charge in [-0.05, 0) is 0 Å². The number of hydrogen-bond donors (Lipinski definition) is 0. The molecule has 0 aromatic carbocycles. The molecular formula is C10H12N2O2Si. The van der Waals surface area contributed by atoms with E-state index in [-0.39, 0.29) is 5.69 Å². The Morgan fingerprint density at radius 2 is 2.07 bits per heavy atom. The van der Waals surface area contributed by atoms with E-state index in [1.165, 1.54) is 12.3 Å². The number of pyridine rings is 1. The van der Waals surface area contributed by atoms with Crippen molar-refractivity contribution >= 4 is 13.8 Å². The van der Waals surface area contributed by atoms with Crippen molar-refractivity contribution in [1.82, 2.24) is 4.98 Å². The van der Waals surface area contributed by atoms with Crippen LogP contribution in [0.15, 0.2) is 18.5 Å². The molecule has 0 aliphatic heterocycles. The molecule has 0 fully saturated rings. The van der Waals surface area contributed by atoms with Crippen LogP contribution in [0.2, 0.25) is 19.6 Å². The van der Waals surface area contributed by atoms with Crippen LogP contribution in [0.4, 0.5) is 5.69 Å². The number of nitro groups is 1. The van der Waals surface area contributed by atoms with E-state index in [4.69, 9.17) is 0 Å². The Labute approximate surface area is 89.5 Å². The summed E-state index contributed by atoms with van der Waals surface area (Å²) in [6.07, 6.45) is 2.76. The molecule has 0 saturated carbocycles. The maximum absolute atomic E-state index is 10.5. The average Bonchev–Trinajstić information content (AvgIpc) is 2.14. The Bertz CT molecular complexity index is 441. The summed E-state index contributed by atoms with van der Waals surface area (Å²) in [6.45, 7) is 6.35. The lowest BCUT2D eigenvalue weighted by atomic mass is 10.3. The summed E-state index contributed by atoms with van der Waals surface area (Å²) in [5.74, 6) is 2.92. The molecule has 5 heteroatoms. The van der Waals surface area contributed by atoms with Gasteiger partial charge in [-0.15, -0.1) is 5.54 Å². The third-order valence-electron chi connectivity index (χ3n) is 1.52. The lowest BCUT2D eigenvalue weighted by molar-refractivity contribution is -0.385. The molecule has 0 aliphatic rings. The van der Waals surface area contributed by atoms with Gasteiger partial charge in [-0.2, -0.15) is 0 Å². The molecule has 0 aliphatic carbocycles. The first kappa shape index (κ1) is 11.4. The number of hydrogen-bond acceptors (Lipinski definition) is 3. The first-order valence-electron chi connectivity index (χ1n) is 4.51. The highest BCUT2D eigenvalue weighted by atomic mass is 28.3. The van der Waals surface area contributed by atoms with Crippen LogP contribution in [-0.4, -0.2) is 18.0 Å². The average molecular weight is 220 g/mol. The van der Waals surface area contributed by atoms with E-state index in [1.807, 2.05) is 0 Å². The first-order valence-corrected chi connectivity index (χ1v) is 8.01. The fourth-order valence-corrected chi connectivity index (χ4v) is 1.38. The van der Waals surface area contributed by atoms with E-state index in [2.05, 4.69) is 36.1 Å². The normalized spacial score (nSPS) is 10.3. The summed E-state index contributed by atoms with van der Waals surface area (Å²) in [6, 6.07) is 1.44. The third kappa shape index (κ3) is 3.91. The van der Waals surface area contributed by atoms with Crippen molar-refractivity contribution in [3.05, 3.63) is 34.1 Å². The van der Waals surface area contributed by atoms with Gasteiger partial charge in [0, 0.05) is 17.8 Å². The predicted octanol–water partition coefficient (Wildman–Crippen LogP) is 2.22. The molecule has 0 unspecified atom stereocenters. The molecule has 1 rings (SSSR count). The van der Waals surface area contributed by atoms with Crippen LogP contribution in [0, 0.1) is 21.6 Å². The fourth-order valence-electron chi connectivity index (χ4n) is 0.856. The van der Waals surface area contributed by atoms with E-state index in [0.717, 1.165) is 0 Å². The summed E-state index contributed by atoms with van der Waals surface area (Å²) >= 11 is 0. The van der Waals surface area contributed by atoms with Gasteiger partial charge in [0.15, 0.2) is 0 Å². The molecule has 0 bridgehead atoms. The van der Waals surface area contributed by atoms with E-state index in [1.54, 1.807) is 6.20 Å². The van der Waals surface area contributed by atoms with Crippen molar-refractivity contribution in [3.8, 4) is 11.5 Å². The SMILES string of the molecule is C[Si](C)(C)C#Cc1cncc([N+](=O)[O-])c1. The minimum Gasteiger partial charge on any atom is -0.258 e. The van der Waals surface area contributed by atoms with Crippen LogP contribution in [0.25, 0.3) is 0 Å². The zero-order valence-corrected chi connectivity index (χ0v) is 9.94. The van der Waals surface area contributed by atoms with Crippen LogP contribution in [0.1, 0.15) is 5.56 Å². The Morgan fingerprint density at radius 1 is 1.40 bits per heavy atom. The van der Waals surface area contributed by atoms with E-state index in [9.17, 15) is 10.1 Å². The van der Waals surface area contributed by atoms with Gasteiger partial charge in [0.05, 0.1) is 4.92 Å². The largest absolute Gasteiger partial charge is 0.288 e. The molecule has 0 amide bonds. The van der Waals surface area contributed by atoms with Gasteiger partial charge in [-0.1, -0.05) is 25.6 Å². The Morgan fingerprint density at radius 3 is 2.60 bits per heavy atom. The second-order valence-electron chi connectivity index (χ2n) is 4.19. The molecular weight excluding hydrogens is 208 g/mol. The van der Waals surface area contributed by atoms with Crippen molar-refractivity contribution in [2.45, 2.75) is 19.6 Å². The third-order valence-corrected chi connectivity index (χ3v) is 2.39. The van der Waals surface area contributed by atoms with Crippen LogP contribution < -0.4 is 0 Å². The van der Waals surface area contributed by atoms with Crippen LogP contribution in [0.3, 0.4) is 0 Å². The maximum atomic E-state index is 10.5. The highest BCUT2D eigenvalue weighted by Gasteiger charge is 2.08. The van der Waals surface area contributed by atoms with Gasteiger partial charge in [0.25, 0.3) is 5.69 Å². The fraction of sp³-hybridized carbons (Fsp3) is 0.300. The Hall–Kier alpha value is -1.67. The molecule has 4 nitrogen and oxygen atoms in total. The van der Waals surface area contributed by atoms with Crippen LogP contribution in [-0.2, 0) is 0 Å². The molecule has 15 heavy (non-hydrogen) atoms. The molecule has 1 heterocycles. The van der Waals surface area contributed by atoms with Gasteiger partial charge >= 0.3 is 0 Å². The van der Waals surface area contributed by atoms with E-state index >= 15 is 0 Å². The molecule has 1 aromatic rings. The standard InChI is InChI=1S/C10H12N2O2Si/c1-15(2,3)5-4-9-6-10(12(13)14)8-11-7-9/h6-8H,1-3H3. The van der Waals surface area contributed by atoms with Crippen molar-refractivity contribution in [2.75, 3.05) is 0 Å². The lowest BCUT2D eigenvalue weighted by Gasteiger charge is -2.02. The number of aromatic nitrogens is 1. The zero-order chi connectivity index (χ0) is 11.5. The Kier molecular flexibility index (Phi) is 3.22. The molecule has 0 radical (unpaired) electrons. The maximum Gasteiger partial charge on any atom is 0.288 e. The lowest BCUT2D eigenvalue weighted by Crippen LogP contribution is -2.16. The smallest absolute Gasteiger partial charge is 0.258 e. The van der Waals surface area contributed by atoms with Gasteiger partial charge in [0.1, 0.15) is 14.3 Å². The van der Waals surface area contributed by atoms with Crippen LogP contribution in [0.5, 0.6) is 0 Å². The monoisotopic (exact) mass is 220 g/mol. The summed E-state index contributed by atoms with van der Waals surface area (Å²) < 4.78 is 0. The van der Waals surface area contributed by atoms with Crippen molar-refractivity contribution < 1.29 is 4.92 Å². The van der Waals surface area contributed by atoms with E-state index < -0.39 is 13.0 Å². The molecule has 0 N–H and O–H groups in total. The minimum atomic E-state index is -1.44. The predicted molar refractivity (Wildman–Crippen MR) is 61.1 cm³/mol. The highest BCUT2D eigenvalue weighted by Crippen LogP contribution is 2.10. The topological polar surface area (TPSA) is 56.0 Å². The van der Waals surface area contributed by atoms with Crippen molar-refractivity contribution in [3.63, 3.8) is 0 Å². The van der Waals surface area contributed by atoms with Gasteiger partial charge in [0.2, 0.25) is 0 Å². The van der Waals surface area contributed by atoms with E-state index in [0.29, 0.717) is 5.56 Å². The minimum absolute atomic E-state index is 0.0163. The van der Waals surface area contributed by atoms with Gasteiger partial charge in [-0.3, -0.25) is 15.1 Å². The molecule has 0 saturated heterocycles. The molecule has 78 valence electrons. The second-order valence-corrected chi connectivity index (χ2v) is 8.94. The number of nitrogens with zero attached hydrogens (tertiary/aromatic N) is 2. The summed E-state index contributed by atoms with van der Waals surface area (Å²) in [5.41, 5.74) is 3.72. The highest BCUT2D eigenvalue weighted by molar-refractivity contribution is 6.83. The van der Waals surface area contributed by atoms with Gasteiger partial charge in [-0.25, -0.2) is 0 Å². The summed E-state index contributed by atoms with van der Waals surface area (Å²) in [7, 11) is -1.44. The molecule has 0 atom stereocenters. The van der Waals surface area contributed by atoms with Crippen molar-refractivity contribution in [1.29, 1.82) is 0 Å². The van der Waals surface area contributed by atoms with Crippen molar-refractivity contribution in [2.24, 2.45) is 0 Å². The molecule has 0 spiro atoms. The van der Waals surface area contributed by atoms with Crippen LogP contribution >= 0.6 is 0 Å². The zero-order valence-electron chi connectivity index (χ0n) is 8.94. The van der Waals surface area contributed by atoms with Gasteiger partial charge < -0.3 is 0 Å². The summed E-state index contributed by atoms with van der Waals surface area (Å²) in [5, 5.41) is 10.5. The Balaban J connectivity index is 3.00.